The molecule has 0 aromatic carbocycles. The molecule has 0 bridgehead atoms. The highest BCUT2D eigenvalue weighted by molar-refractivity contribution is 6.02. The summed E-state index contributed by atoms with van der Waals surface area (Å²) in [7, 11) is 0. The molecule has 2 N–H and O–H groups in total. The van der Waals surface area contributed by atoms with Crippen LogP contribution in [-0.2, 0) is 23.8 Å². The summed E-state index contributed by atoms with van der Waals surface area (Å²) in [5.41, 5.74) is 0. The number of ether oxygens (including phenoxy) is 3. The average Bonchev–Trinajstić information content (AvgIpc) is 2.89. The number of carbonyl (C=O) groups is 3. The van der Waals surface area contributed by atoms with E-state index in [1.807, 2.05) is 0 Å². The molecule has 1 fully saturated rings. The standard InChI is InChI=1S/C12H20N2O6/c1-3-19-10(15)9(11(16)20-4-2)14-12(17)13-8-5-6-18-7-8/h8-9H,3-7H2,1-2H3,(H2,13,14,17). The topological polar surface area (TPSA) is 103 Å². The Morgan fingerprint density at radius 1 is 1.20 bits per heavy atom. The minimum absolute atomic E-state index is 0.106. The third-order valence-electron chi connectivity index (χ3n) is 2.58. The molecule has 8 heteroatoms. The monoisotopic (exact) mass is 288 g/mol. The summed E-state index contributed by atoms with van der Waals surface area (Å²) >= 11 is 0. The van der Waals surface area contributed by atoms with Crippen molar-refractivity contribution in [1.29, 1.82) is 0 Å². The zero-order valence-electron chi connectivity index (χ0n) is 11.6. The predicted octanol–water partition coefficient (Wildman–Crippen LogP) is -0.431. The average molecular weight is 288 g/mol. The summed E-state index contributed by atoms with van der Waals surface area (Å²) in [5.74, 6) is -1.69. The van der Waals surface area contributed by atoms with Gasteiger partial charge in [0.25, 0.3) is 0 Å². The molecule has 0 radical (unpaired) electrons. The molecular formula is C12H20N2O6. The van der Waals surface area contributed by atoms with Gasteiger partial charge >= 0.3 is 18.0 Å². The van der Waals surface area contributed by atoms with Crippen molar-refractivity contribution in [3.8, 4) is 0 Å². The van der Waals surface area contributed by atoms with E-state index in [0.29, 0.717) is 19.6 Å². The molecule has 1 saturated heterocycles. The molecule has 0 aromatic heterocycles. The van der Waals surface area contributed by atoms with Crippen LogP contribution in [0.2, 0.25) is 0 Å². The highest BCUT2D eigenvalue weighted by atomic mass is 16.6. The molecule has 0 spiro atoms. The number of amides is 2. The van der Waals surface area contributed by atoms with Gasteiger partial charge in [-0.15, -0.1) is 0 Å². The number of rotatable bonds is 6. The van der Waals surface area contributed by atoms with Crippen molar-refractivity contribution in [2.75, 3.05) is 26.4 Å². The molecule has 0 saturated carbocycles. The Kier molecular flexibility index (Phi) is 6.78. The second-order valence-corrected chi connectivity index (χ2v) is 4.12. The van der Waals surface area contributed by atoms with E-state index >= 15 is 0 Å². The van der Waals surface area contributed by atoms with E-state index in [2.05, 4.69) is 10.6 Å². The Labute approximate surface area is 117 Å². The normalized spacial score (nSPS) is 17.6. The second kappa shape index (κ2) is 8.36. The van der Waals surface area contributed by atoms with Crippen LogP contribution in [0.1, 0.15) is 20.3 Å². The fourth-order valence-corrected chi connectivity index (χ4v) is 1.67. The SMILES string of the molecule is CCOC(=O)C(NC(=O)NC1CCOC1)C(=O)OCC. The molecule has 0 aliphatic carbocycles. The van der Waals surface area contributed by atoms with Gasteiger partial charge in [0, 0.05) is 6.61 Å². The predicted molar refractivity (Wildman–Crippen MR) is 67.9 cm³/mol. The van der Waals surface area contributed by atoms with Crippen molar-refractivity contribution in [1.82, 2.24) is 10.6 Å². The minimum atomic E-state index is -1.46. The van der Waals surface area contributed by atoms with Gasteiger partial charge in [0.15, 0.2) is 0 Å². The Morgan fingerprint density at radius 2 is 1.80 bits per heavy atom. The molecule has 2 amide bonds. The summed E-state index contributed by atoms with van der Waals surface area (Å²) in [4.78, 5) is 35.0. The number of urea groups is 1. The van der Waals surface area contributed by atoms with Crippen molar-refractivity contribution in [3.63, 3.8) is 0 Å². The molecule has 8 nitrogen and oxygen atoms in total. The first-order valence-electron chi connectivity index (χ1n) is 6.56. The van der Waals surface area contributed by atoms with Crippen LogP contribution in [0, 0.1) is 0 Å². The fourth-order valence-electron chi connectivity index (χ4n) is 1.67. The van der Waals surface area contributed by atoms with Gasteiger partial charge in [-0.1, -0.05) is 0 Å². The number of hydrogen-bond acceptors (Lipinski definition) is 6. The van der Waals surface area contributed by atoms with Crippen LogP contribution in [-0.4, -0.2) is 56.5 Å². The van der Waals surface area contributed by atoms with Crippen molar-refractivity contribution >= 4 is 18.0 Å². The molecule has 0 aromatic rings. The first-order chi connectivity index (χ1) is 9.58. The van der Waals surface area contributed by atoms with Gasteiger partial charge in [0.05, 0.1) is 25.9 Å². The van der Waals surface area contributed by atoms with Gasteiger partial charge in [0.2, 0.25) is 6.04 Å². The molecule has 1 heterocycles. The van der Waals surface area contributed by atoms with E-state index in [1.54, 1.807) is 13.8 Å². The Morgan fingerprint density at radius 3 is 2.25 bits per heavy atom. The summed E-state index contributed by atoms with van der Waals surface area (Å²) in [6.45, 7) is 4.41. The molecule has 1 aliphatic rings. The van der Waals surface area contributed by atoms with Crippen LogP contribution in [0.15, 0.2) is 0 Å². The largest absolute Gasteiger partial charge is 0.464 e. The maximum absolute atomic E-state index is 11.7. The molecular weight excluding hydrogens is 268 g/mol. The van der Waals surface area contributed by atoms with Gasteiger partial charge in [-0.2, -0.15) is 0 Å². The van der Waals surface area contributed by atoms with Gasteiger partial charge in [-0.3, -0.25) is 0 Å². The van der Waals surface area contributed by atoms with Crippen LogP contribution >= 0.6 is 0 Å². The first kappa shape index (κ1) is 16.2. The molecule has 1 unspecified atom stereocenters. The summed E-state index contributed by atoms with van der Waals surface area (Å²) < 4.78 is 14.6. The zero-order chi connectivity index (χ0) is 15.0. The highest BCUT2D eigenvalue weighted by Gasteiger charge is 2.32. The van der Waals surface area contributed by atoms with Gasteiger partial charge in [0.1, 0.15) is 0 Å². The smallest absolute Gasteiger partial charge is 0.340 e. The first-order valence-corrected chi connectivity index (χ1v) is 6.56. The fraction of sp³-hybridized carbons (Fsp3) is 0.750. The number of esters is 2. The van der Waals surface area contributed by atoms with Gasteiger partial charge in [-0.05, 0) is 20.3 Å². The summed E-state index contributed by atoms with van der Waals surface area (Å²) in [6.07, 6.45) is 0.691. The van der Waals surface area contributed by atoms with Crippen LogP contribution in [0.4, 0.5) is 4.79 Å². The van der Waals surface area contributed by atoms with E-state index in [0.717, 1.165) is 0 Å². The molecule has 1 aliphatic heterocycles. The summed E-state index contributed by atoms with van der Waals surface area (Å²) in [5, 5.41) is 4.87. The third kappa shape index (κ3) is 5.04. The summed E-state index contributed by atoms with van der Waals surface area (Å²) in [6, 6.07) is -2.22. The lowest BCUT2D eigenvalue weighted by atomic mass is 10.2. The third-order valence-corrected chi connectivity index (χ3v) is 2.58. The Bertz CT molecular complexity index is 336. The molecule has 1 rings (SSSR count). The highest BCUT2D eigenvalue weighted by Crippen LogP contribution is 2.03. The lowest BCUT2D eigenvalue weighted by Crippen LogP contribution is -2.53. The lowest BCUT2D eigenvalue weighted by Gasteiger charge is -2.17. The van der Waals surface area contributed by atoms with Crippen molar-refractivity contribution in [3.05, 3.63) is 0 Å². The zero-order valence-corrected chi connectivity index (χ0v) is 11.6. The van der Waals surface area contributed by atoms with Crippen molar-refractivity contribution in [2.24, 2.45) is 0 Å². The van der Waals surface area contributed by atoms with Crippen LogP contribution in [0.5, 0.6) is 0 Å². The number of carbonyl (C=O) groups excluding carboxylic acids is 3. The van der Waals surface area contributed by atoms with Crippen LogP contribution < -0.4 is 10.6 Å². The van der Waals surface area contributed by atoms with E-state index in [1.165, 1.54) is 0 Å². The second-order valence-electron chi connectivity index (χ2n) is 4.12. The van der Waals surface area contributed by atoms with E-state index in [9.17, 15) is 14.4 Å². The van der Waals surface area contributed by atoms with E-state index in [-0.39, 0.29) is 19.3 Å². The Balaban J connectivity index is 2.55. The molecule has 114 valence electrons. The van der Waals surface area contributed by atoms with E-state index < -0.39 is 24.0 Å². The van der Waals surface area contributed by atoms with Gasteiger partial charge < -0.3 is 24.8 Å². The van der Waals surface area contributed by atoms with E-state index in [4.69, 9.17) is 14.2 Å². The van der Waals surface area contributed by atoms with Gasteiger partial charge in [-0.25, -0.2) is 14.4 Å². The number of nitrogens with one attached hydrogen (secondary N) is 2. The van der Waals surface area contributed by atoms with Crippen LogP contribution in [0.25, 0.3) is 0 Å². The van der Waals surface area contributed by atoms with Crippen molar-refractivity contribution in [2.45, 2.75) is 32.4 Å². The Hall–Kier alpha value is -1.83. The quantitative estimate of drug-likeness (QED) is 0.508. The molecule has 1 atom stereocenters. The number of hydrogen-bond donors (Lipinski definition) is 2. The minimum Gasteiger partial charge on any atom is -0.464 e. The van der Waals surface area contributed by atoms with Crippen LogP contribution in [0.3, 0.4) is 0 Å². The lowest BCUT2D eigenvalue weighted by molar-refractivity contribution is -0.157. The van der Waals surface area contributed by atoms with Crippen molar-refractivity contribution < 1.29 is 28.6 Å². The maximum Gasteiger partial charge on any atom is 0.340 e. The maximum atomic E-state index is 11.7. The molecule has 20 heavy (non-hydrogen) atoms.